The molecule has 126 valence electrons. The molecular weight excluding hydrogens is 318 g/mol. The monoisotopic (exact) mass is 335 g/mol. The highest BCUT2D eigenvalue weighted by Crippen LogP contribution is 2.27. The summed E-state index contributed by atoms with van der Waals surface area (Å²) in [6.07, 6.45) is 0. The highest BCUT2D eigenvalue weighted by molar-refractivity contribution is 5.97. The lowest BCUT2D eigenvalue weighted by atomic mass is 10.0. The van der Waals surface area contributed by atoms with Gasteiger partial charge in [-0.15, -0.1) is 0 Å². The van der Waals surface area contributed by atoms with Gasteiger partial charge in [-0.25, -0.2) is 9.36 Å². The molecule has 1 N–H and O–H groups in total. The molecule has 0 aliphatic carbocycles. The first kappa shape index (κ1) is 16.5. The molecule has 0 saturated heterocycles. The summed E-state index contributed by atoms with van der Waals surface area (Å²) in [5, 5.41) is 10.4. The number of ether oxygens (including phenoxy) is 1. The quantitative estimate of drug-likeness (QED) is 0.742. The molecule has 1 aromatic heterocycles. The molecule has 0 unspecified atom stereocenters. The minimum absolute atomic E-state index is 0.102. The normalized spacial score (nSPS) is 10.4. The number of hydrogen-bond acceptors (Lipinski definition) is 4. The van der Waals surface area contributed by atoms with Crippen LogP contribution in [0.3, 0.4) is 0 Å². The first-order chi connectivity index (χ1) is 12.1. The number of carbonyl (C=O) groups is 1. The maximum Gasteiger partial charge on any atom is 0.344 e. The fourth-order valence-electron chi connectivity index (χ4n) is 2.67. The summed E-state index contributed by atoms with van der Waals surface area (Å²) in [6.45, 7) is 1.83. The molecule has 0 spiro atoms. The zero-order valence-electron chi connectivity index (χ0n) is 13.7. The van der Waals surface area contributed by atoms with Crippen LogP contribution in [0.25, 0.3) is 16.8 Å². The van der Waals surface area contributed by atoms with Gasteiger partial charge < -0.3 is 9.84 Å². The van der Waals surface area contributed by atoms with Gasteiger partial charge in [-0.3, -0.25) is 4.79 Å². The Morgan fingerprint density at radius 1 is 1.04 bits per heavy atom. The van der Waals surface area contributed by atoms with Gasteiger partial charge in [-0.2, -0.15) is 0 Å². The summed E-state index contributed by atoms with van der Waals surface area (Å²) in [5.41, 5.74) is 0.736. The summed E-state index contributed by atoms with van der Waals surface area (Å²) >= 11 is 0. The molecule has 0 aliphatic heterocycles. The van der Waals surface area contributed by atoms with E-state index in [0.717, 1.165) is 4.57 Å². The summed E-state index contributed by atoms with van der Waals surface area (Å²) < 4.78 is 6.16. The van der Waals surface area contributed by atoms with Crippen LogP contribution in [0.5, 0.6) is 5.88 Å². The van der Waals surface area contributed by atoms with Crippen molar-refractivity contribution in [3.63, 3.8) is 0 Å². The van der Waals surface area contributed by atoms with Gasteiger partial charge in [0.15, 0.2) is 5.88 Å². The zero-order valence-corrected chi connectivity index (χ0v) is 13.7. The molecule has 25 heavy (non-hydrogen) atoms. The highest BCUT2D eigenvalue weighted by atomic mass is 16.5. The van der Waals surface area contributed by atoms with E-state index in [0.29, 0.717) is 16.8 Å². The summed E-state index contributed by atoms with van der Waals surface area (Å²) in [7, 11) is 0. The molecule has 5 nitrogen and oxygen atoms in total. The number of hydrogen-bond donors (Lipinski definition) is 1. The van der Waals surface area contributed by atoms with Crippen LogP contribution in [-0.4, -0.2) is 22.2 Å². The molecule has 0 radical (unpaired) electrons. The summed E-state index contributed by atoms with van der Waals surface area (Å²) in [5.74, 6) is -0.959. The van der Waals surface area contributed by atoms with E-state index in [-0.39, 0.29) is 18.1 Å². The minimum atomic E-state index is -0.712. The van der Waals surface area contributed by atoms with E-state index < -0.39 is 11.5 Å². The molecule has 1 heterocycles. The van der Waals surface area contributed by atoms with E-state index >= 15 is 0 Å². The van der Waals surface area contributed by atoms with Crippen LogP contribution in [0.2, 0.25) is 0 Å². The second-order valence-electron chi connectivity index (χ2n) is 5.35. The van der Waals surface area contributed by atoms with E-state index in [9.17, 15) is 14.7 Å². The predicted octanol–water partition coefficient (Wildman–Crippen LogP) is 3.39. The molecule has 3 rings (SSSR count). The van der Waals surface area contributed by atoms with Crippen LogP contribution in [0.1, 0.15) is 17.3 Å². The molecule has 3 aromatic rings. The van der Waals surface area contributed by atoms with Crippen LogP contribution in [0.4, 0.5) is 0 Å². The Morgan fingerprint density at radius 3 is 2.24 bits per heavy atom. The van der Waals surface area contributed by atoms with Crippen molar-refractivity contribution in [3.8, 4) is 22.7 Å². The Kier molecular flexibility index (Phi) is 4.66. The van der Waals surface area contributed by atoms with Crippen molar-refractivity contribution in [3.05, 3.63) is 82.6 Å². The van der Waals surface area contributed by atoms with Gasteiger partial charge in [-0.05, 0) is 24.6 Å². The molecular formula is C20H17NO4. The number of aromatic hydroxyl groups is 1. The molecule has 5 heteroatoms. The van der Waals surface area contributed by atoms with E-state index in [2.05, 4.69) is 0 Å². The molecule has 0 bridgehead atoms. The van der Waals surface area contributed by atoms with Gasteiger partial charge in [0.25, 0.3) is 5.56 Å². The second kappa shape index (κ2) is 7.05. The molecule has 0 saturated carbocycles. The lowest BCUT2D eigenvalue weighted by Gasteiger charge is -2.14. The first-order valence-electron chi connectivity index (χ1n) is 7.90. The molecule has 0 atom stereocenters. The number of carbonyl (C=O) groups excluding carboxylic acids is 1. The lowest BCUT2D eigenvalue weighted by Crippen LogP contribution is -2.27. The topological polar surface area (TPSA) is 68.5 Å². The minimum Gasteiger partial charge on any atom is -0.494 e. The molecule has 0 amide bonds. The maximum absolute atomic E-state index is 13.0. The third-order valence-electron chi connectivity index (χ3n) is 3.77. The van der Waals surface area contributed by atoms with Gasteiger partial charge in [0.1, 0.15) is 5.56 Å². The zero-order chi connectivity index (χ0) is 17.8. The van der Waals surface area contributed by atoms with E-state index in [1.807, 2.05) is 6.07 Å². The summed E-state index contributed by atoms with van der Waals surface area (Å²) in [6, 6.07) is 19.0. The first-order valence-corrected chi connectivity index (χ1v) is 7.90. The third-order valence-corrected chi connectivity index (χ3v) is 3.77. The van der Waals surface area contributed by atoms with Crippen LogP contribution in [0, 0.1) is 0 Å². The van der Waals surface area contributed by atoms with Crippen LogP contribution in [-0.2, 0) is 4.74 Å². The Balaban J connectivity index is 2.31. The van der Waals surface area contributed by atoms with E-state index in [4.69, 9.17) is 4.74 Å². The molecule has 0 fully saturated rings. The average Bonchev–Trinajstić information content (AvgIpc) is 2.63. The Morgan fingerprint density at radius 2 is 1.64 bits per heavy atom. The predicted molar refractivity (Wildman–Crippen MR) is 95.1 cm³/mol. The van der Waals surface area contributed by atoms with Crippen molar-refractivity contribution in [2.45, 2.75) is 6.92 Å². The Hall–Kier alpha value is -3.34. The number of rotatable bonds is 4. The maximum atomic E-state index is 13.0. The number of nitrogens with zero attached hydrogens (tertiary/aromatic N) is 1. The van der Waals surface area contributed by atoms with Crippen molar-refractivity contribution in [1.82, 2.24) is 4.57 Å². The van der Waals surface area contributed by atoms with Crippen molar-refractivity contribution in [2.24, 2.45) is 0 Å². The number of aromatic nitrogens is 1. The fraction of sp³-hybridized carbons (Fsp3) is 0.100. The largest absolute Gasteiger partial charge is 0.494 e. The molecule has 2 aromatic carbocycles. The van der Waals surface area contributed by atoms with Gasteiger partial charge in [0.05, 0.1) is 12.3 Å². The van der Waals surface area contributed by atoms with Gasteiger partial charge in [0.2, 0.25) is 0 Å². The van der Waals surface area contributed by atoms with Gasteiger partial charge in [-0.1, -0.05) is 48.5 Å². The number of para-hydroxylation sites is 1. The number of esters is 1. The van der Waals surface area contributed by atoms with Gasteiger partial charge in [0, 0.05) is 11.6 Å². The lowest BCUT2D eigenvalue weighted by molar-refractivity contribution is 0.0525. The fourth-order valence-corrected chi connectivity index (χ4v) is 2.67. The van der Waals surface area contributed by atoms with Gasteiger partial charge >= 0.3 is 5.97 Å². The third kappa shape index (κ3) is 3.17. The van der Waals surface area contributed by atoms with E-state index in [1.54, 1.807) is 61.5 Å². The van der Waals surface area contributed by atoms with Crippen LogP contribution in [0.15, 0.2) is 71.5 Å². The average molecular weight is 335 g/mol. The van der Waals surface area contributed by atoms with Crippen molar-refractivity contribution < 1.29 is 14.6 Å². The van der Waals surface area contributed by atoms with Crippen molar-refractivity contribution >= 4 is 5.97 Å². The van der Waals surface area contributed by atoms with Crippen molar-refractivity contribution in [1.29, 1.82) is 0 Å². The highest BCUT2D eigenvalue weighted by Gasteiger charge is 2.23. The smallest absolute Gasteiger partial charge is 0.344 e. The van der Waals surface area contributed by atoms with Crippen LogP contribution >= 0.6 is 0 Å². The second-order valence-corrected chi connectivity index (χ2v) is 5.35. The SMILES string of the molecule is CCOC(=O)c1c(-c2ccccc2)cc(O)n(-c2ccccc2)c1=O. The van der Waals surface area contributed by atoms with E-state index in [1.165, 1.54) is 6.07 Å². The Bertz CT molecular complexity index is 947. The number of pyridine rings is 1. The summed E-state index contributed by atoms with van der Waals surface area (Å²) in [4.78, 5) is 25.4. The van der Waals surface area contributed by atoms with Crippen LogP contribution < -0.4 is 5.56 Å². The standard InChI is InChI=1S/C20H17NO4/c1-2-25-20(24)18-16(14-9-5-3-6-10-14)13-17(22)21(19(18)23)15-11-7-4-8-12-15/h3-13,22H,2H2,1H3. The molecule has 0 aliphatic rings. The van der Waals surface area contributed by atoms with Crippen molar-refractivity contribution in [2.75, 3.05) is 6.61 Å². The number of benzene rings is 2. The Labute approximate surface area is 144 Å².